The monoisotopic (exact) mass is 838 g/mol. The number of anilines is 1. The molecule has 3 atom stereocenters. The van der Waals surface area contributed by atoms with Crippen LogP contribution >= 0.6 is 0 Å². The maximum atomic E-state index is 13.3. The SMILES string of the molecule is COc1ccc(C(OC[C@H]2O[C@@H](n3cc(NC(=O)OCCc4ccc([N+](=O)[O-])cc4)c(=O)[nH]c3=O)C[C@@H]2OC(=O)CCC(=O)O)(c2ccccc2)c2ccc(OC)cc2)cc1. The van der Waals surface area contributed by atoms with Gasteiger partial charge in [0.15, 0.2) is 0 Å². The number of nitrogens with one attached hydrogen (secondary N) is 2. The number of carboxylic acid groups (broad SMARTS) is 1. The zero-order valence-corrected chi connectivity index (χ0v) is 33.0. The Morgan fingerprint density at radius 1 is 0.885 bits per heavy atom. The maximum absolute atomic E-state index is 13.3. The van der Waals surface area contributed by atoms with Crippen molar-refractivity contribution in [1.29, 1.82) is 0 Å². The lowest BCUT2D eigenvalue weighted by molar-refractivity contribution is -0.384. The third kappa shape index (κ3) is 10.5. The number of nitro groups is 1. The Balaban J connectivity index is 1.28. The summed E-state index contributed by atoms with van der Waals surface area (Å²) in [4.78, 5) is 75.6. The van der Waals surface area contributed by atoms with Gasteiger partial charge in [0.1, 0.15) is 41.2 Å². The van der Waals surface area contributed by atoms with Gasteiger partial charge in [0.25, 0.3) is 11.2 Å². The molecular weight excluding hydrogens is 796 g/mol. The highest BCUT2D eigenvalue weighted by Gasteiger charge is 2.44. The van der Waals surface area contributed by atoms with Crippen LogP contribution in [0, 0.1) is 10.1 Å². The molecule has 0 radical (unpaired) electrons. The molecule has 18 heteroatoms. The van der Waals surface area contributed by atoms with Crippen molar-refractivity contribution in [3.63, 3.8) is 0 Å². The smallest absolute Gasteiger partial charge is 0.411 e. The zero-order valence-electron chi connectivity index (χ0n) is 33.0. The van der Waals surface area contributed by atoms with Crippen molar-refractivity contribution in [1.82, 2.24) is 9.55 Å². The molecule has 1 aliphatic heterocycles. The number of rotatable bonds is 18. The molecule has 0 unspecified atom stereocenters. The number of esters is 1. The molecule has 1 amide bonds. The molecule has 318 valence electrons. The topological polar surface area (TPSA) is 237 Å². The Hall–Kier alpha value is -7.31. The number of ether oxygens (including phenoxy) is 6. The van der Waals surface area contributed by atoms with Gasteiger partial charge in [0.2, 0.25) is 0 Å². The van der Waals surface area contributed by atoms with Crippen LogP contribution in [0.4, 0.5) is 16.2 Å². The Morgan fingerprint density at radius 3 is 2.07 bits per heavy atom. The van der Waals surface area contributed by atoms with Crippen LogP contribution in [-0.4, -0.2) is 77.3 Å². The minimum absolute atomic E-state index is 0.0908. The summed E-state index contributed by atoms with van der Waals surface area (Å²) in [6, 6.07) is 29.6. The van der Waals surface area contributed by atoms with Crippen molar-refractivity contribution >= 4 is 29.4 Å². The van der Waals surface area contributed by atoms with Gasteiger partial charge in [-0.1, -0.05) is 66.7 Å². The van der Waals surface area contributed by atoms with Crippen LogP contribution < -0.4 is 26.0 Å². The molecule has 18 nitrogen and oxygen atoms in total. The molecule has 0 saturated carbocycles. The predicted octanol–water partition coefficient (Wildman–Crippen LogP) is 5.33. The van der Waals surface area contributed by atoms with E-state index in [1.807, 2.05) is 54.6 Å². The van der Waals surface area contributed by atoms with Gasteiger partial charge >= 0.3 is 23.7 Å². The minimum atomic E-state index is -1.32. The van der Waals surface area contributed by atoms with Crippen LogP contribution in [0.25, 0.3) is 0 Å². The van der Waals surface area contributed by atoms with Crippen molar-refractivity contribution < 1.29 is 52.8 Å². The molecule has 0 bridgehead atoms. The zero-order chi connectivity index (χ0) is 43.5. The molecule has 0 spiro atoms. The summed E-state index contributed by atoms with van der Waals surface area (Å²) in [5.41, 5.74) is -0.829. The lowest BCUT2D eigenvalue weighted by atomic mass is 9.80. The predicted molar refractivity (Wildman–Crippen MR) is 217 cm³/mol. The number of nitrogens with zero attached hydrogens (tertiary/aromatic N) is 2. The van der Waals surface area contributed by atoms with Gasteiger partial charge < -0.3 is 33.5 Å². The molecule has 6 rings (SSSR count). The van der Waals surface area contributed by atoms with Crippen molar-refractivity contribution in [3.8, 4) is 11.5 Å². The van der Waals surface area contributed by atoms with Crippen LogP contribution in [0.3, 0.4) is 0 Å². The third-order valence-corrected chi connectivity index (χ3v) is 9.93. The van der Waals surface area contributed by atoms with Gasteiger partial charge in [-0.3, -0.25) is 39.4 Å². The van der Waals surface area contributed by atoms with E-state index in [2.05, 4.69) is 10.3 Å². The molecule has 4 aromatic carbocycles. The average Bonchev–Trinajstić information content (AvgIpc) is 3.66. The number of H-pyrrole nitrogens is 1. The highest BCUT2D eigenvalue weighted by molar-refractivity contribution is 5.84. The highest BCUT2D eigenvalue weighted by Crippen LogP contribution is 2.43. The summed E-state index contributed by atoms with van der Waals surface area (Å²) in [6.07, 6.45) is -4.10. The number of hydrogen-bond acceptors (Lipinski definition) is 13. The van der Waals surface area contributed by atoms with E-state index in [0.29, 0.717) is 28.2 Å². The van der Waals surface area contributed by atoms with E-state index in [1.165, 1.54) is 24.3 Å². The second kappa shape index (κ2) is 19.6. The van der Waals surface area contributed by atoms with Gasteiger partial charge in [0.05, 0.1) is 45.2 Å². The van der Waals surface area contributed by atoms with Crippen LogP contribution in [0.2, 0.25) is 0 Å². The van der Waals surface area contributed by atoms with Gasteiger partial charge in [0, 0.05) is 31.2 Å². The van der Waals surface area contributed by atoms with E-state index in [0.717, 1.165) is 16.3 Å². The number of aromatic nitrogens is 2. The molecular formula is C43H42N4O14. The standard InChI is InChI=1S/C43H42N4O14/c1-56-32-16-10-29(11-17-32)43(28-6-4-3-5-7-28,30-12-18-33(57-2)19-13-30)59-26-36-35(61-39(50)21-20-38(48)49)24-37(60-36)46-25-34(40(51)45-41(46)52)44-42(53)58-23-22-27-8-14-31(15-9-27)47(54)55/h3-19,25,35-37H,20-24,26H2,1-2H3,(H,44,53)(H,48,49)(H,45,51,52)/t35-,36+,37+/m0/s1. The summed E-state index contributed by atoms with van der Waals surface area (Å²) >= 11 is 0. The van der Waals surface area contributed by atoms with Gasteiger partial charge in [-0.25, -0.2) is 9.59 Å². The Morgan fingerprint density at radius 2 is 1.49 bits per heavy atom. The minimum Gasteiger partial charge on any atom is -0.497 e. The number of carbonyl (C=O) groups excluding carboxylic acids is 2. The van der Waals surface area contributed by atoms with Gasteiger partial charge in [-0.05, 0) is 46.5 Å². The number of non-ortho nitro benzene ring substituents is 1. The molecule has 3 N–H and O–H groups in total. The van der Waals surface area contributed by atoms with Crippen molar-refractivity contribution in [2.75, 3.05) is 32.8 Å². The molecule has 1 fully saturated rings. The van der Waals surface area contributed by atoms with E-state index in [4.69, 9.17) is 28.4 Å². The Bertz CT molecular complexity index is 2390. The van der Waals surface area contributed by atoms with E-state index >= 15 is 0 Å². The molecule has 61 heavy (non-hydrogen) atoms. The fourth-order valence-corrected chi connectivity index (χ4v) is 6.84. The highest BCUT2D eigenvalue weighted by atomic mass is 16.6. The van der Waals surface area contributed by atoms with Crippen molar-refractivity contribution in [2.45, 2.75) is 49.7 Å². The fourth-order valence-electron chi connectivity index (χ4n) is 6.84. The second-order valence-electron chi connectivity index (χ2n) is 13.7. The van der Waals surface area contributed by atoms with Crippen LogP contribution in [0.15, 0.2) is 119 Å². The number of aliphatic carboxylic acids is 1. The number of benzene rings is 4. The van der Waals surface area contributed by atoms with Crippen LogP contribution in [0.1, 0.15) is 47.7 Å². The number of aromatic amines is 1. The number of hydrogen-bond donors (Lipinski definition) is 3. The lowest BCUT2D eigenvalue weighted by Crippen LogP contribution is -2.39. The molecule has 5 aromatic rings. The number of nitro benzene ring substituents is 1. The summed E-state index contributed by atoms with van der Waals surface area (Å²) in [6.45, 7) is -0.383. The Kier molecular flexibility index (Phi) is 13.9. The first kappa shape index (κ1) is 43.3. The molecule has 1 aliphatic rings. The van der Waals surface area contributed by atoms with E-state index in [1.54, 1.807) is 38.5 Å². The van der Waals surface area contributed by atoms with Crippen molar-refractivity contribution in [3.05, 3.63) is 163 Å². The van der Waals surface area contributed by atoms with Crippen LogP contribution in [0.5, 0.6) is 11.5 Å². The van der Waals surface area contributed by atoms with Crippen molar-refractivity contribution in [2.24, 2.45) is 0 Å². The molecule has 1 saturated heterocycles. The normalized spacial score (nSPS) is 16.0. The molecule has 1 aromatic heterocycles. The second-order valence-corrected chi connectivity index (χ2v) is 13.7. The van der Waals surface area contributed by atoms with Gasteiger partial charge in [-0.15, -0.1) is 0 Å². The van der Waals surface area contributed by atoms with E-state index < -0.39 is 71.1 Å². The number of amides is 1. The quantitative estimate of drug-likeness (QED) is 0.0438. The average molecular weight is 839 g/mol. The number of carboxylic acids is 1. The summed E-state index contributed by atoms with van der Waals surface area (Å²) in [5, 5.41) is 22.5. The van der Waals surface area contributed by atoms with Gasteiger partial charge in [-0.2, -0.15) is 0 Å². The largest absolute Gasteiger partial charge is 0.497 e. The van der Waals surface area contributed by atoms with E-state index in [9.17, 15) is 39.2 Å². The number of methoxy groups -OCH3 is 2. The summed E-state index contributed by atoms with van der Waals surface area (Å²) in [5.74, 6) is -0.819. The molecule has 2 heterocycles. The summed E-state index contributed by atoms with van der Waals surface area (Å²) in [7, 11) is 3.10. The van der Waals surface area contributed by atoms with Crippen LogP contribution in [-0.2, 0) is 40.6 Å². The first-order valence-corrected chi connectivity index (χ1v) is 19.0. The summed E-state index contributed by atoms with van der Waals surface area (Å²) < 4.78 is 36.2. The first-order valence-electron chi connectivity index (χ1n) is 19.0. The third-order valence-electron chi connectivity index (χ3n) is 9.93. The lowest BCUT2D eigenvalue weighted by Gasteiger charge is -2.37. The van der Waals surface area contributed by atoms with E-state index in [-0.39, 0.29) is 37.4 Å². The number of carbonyl (C=O) groups is 3. The maximum Gasteiger partial charge on any atom is 0.411 e. The Labute approximate surface area is 347 Å². The fraction of sp³-hybridized carbons (Fsp3) is 0.279. The molecule has 0 aliphatic carbocycles. The first-order chi connectivity index (χ1) is 29.4.